The van der Waals surface area contributed by atoms with E-state index in [0.29, 0.717) is 18.1 Å². The zero-order valence-corrected chi connectivity index (χ0v) is 16.0. The van der Waals surface area contributed by atoms with Crippen molar-refractivity contribution < 1.29 is 0 Å². The summed E-state index contributed by atoms with van der Waals surface area (Å²) in [5.74, 6) is -0.379. The minimum absolute atomic E-state index is 0.0980. The first kappa shape index (κ1) is 10.5. The van der Waals surface area contributed by atoms with Crippen LogP contribution in [-0.2, 0) is 0 Å². The van der Waals surface area contributed by atoms with E-state index in [2.05, 4.69) is 30.6 Å². The molecular weight excluding hydrogens is 233 g/mol. The number of hydrogen-bond donors (Lipinski definition) is 0. The third kappa shape index (κ3) is 2.02. The fraction of sp³-hybridized carbons (Fsp3) is 1.00. The topological polar surface area (TPSA) is 0 Å². The van der Waals surface area contributed by atoms with Crippen molar-refractivity contribution in [3.05, 3.63) is 0 Å². The summed E-state index contributed by atoms with van der Waals surface area (Å²) >= 11 is 2.44. The Morgan fingerprint density at radius 2 is 2.45 bits per heavy atom. The van der Waals surface area contributed by atoms with Gasteiger partial charge in [0.15, 0.2) is 0 Å². The van der Waals surface area contributed by atoms with E-state index in [1.165, 1.54) is 5.16 Å². The molecule has 3 unspecified atom stereocenters. The van der Waals surface area contributed by atoms with E-state index >= 15 is 0 Å². The van der Waals surface area contributed by atoms with Gasteiger partial charge in [-0.3, -0.25) is 0 Å². The van der Waals surface area contributed by atoms with E-state index in [-0.39, 0.29) is 14.1 Å². The lowest BCUT2D eigenvalue weighted by molar-refractivity contribution is 1.33. The van der Waals surface area contributed by atoms with Crippen molar-refractivity contribution in [1.82, 2.24) is 0 Å². The highest BCUT2D eigenvalue weighted by Crippen LogP contribution is 2.33. The highest BCUT2D eigenvalue weighted by Gasteiger charge is 2.44. The average molecular weight is 253 g/mol. The standard InChI is InChI=1S/C5H20SSi5/c1-6-11(8-2)9-5(7)4-10(11)3/h5,10H,4,8-9H2,1-3,7H3. The largest absolute Gasteiger partial charge is 0.199 e. The molecule has 11 heavy (non-hydrogen) atoms. The summed E-state index contributed by atoms with van der Waals surface area (Å²) in [4.78, 5) is 0. The molecule has 0 saturated carbocycles. The Kier molecular flexibility index (Phi) is 3.92. The second kappa shape index (κ2) is 4.10. The van der Waals surface area contributed by atoms with Crippen LogP contribution in [0.15, 0.2) is 0 Å². The molecule has 1 saturated heterocycles. The molecule has 3 atom stereocenters. The highest BCUT2D eigenvalue weighted by atomic mass is 32.4. The highest BCUT2D eigenvalue weighted by molar-refractivity contribution is 8.45. The van der Waals surface area contributed by atoms with Crippen LogP contribution in [-0.4, -0.2) is 48.7 Å². The minimum atomic E-state index is -0.379. The molecule has 0 aliphatic carbocycles. The third-order valence-electron chi connectivity index (χ3n) is 3.35. The number of rotatable bonds is 2. The van der Waals surface area contributed by atoms with Crippen molar-refractivity contribution in [1.29, 1.82) is 0 Å². The molecule has 0 spiro atoms. The molecule has 0 radical (unpaired) electrons. The van der Waals surface area contributed by atoms with Crippen LogP contribution in [0.3, 0.4) is 0 Å². The van der Waals surface area contributed by atoms with Gasteiger partial charge in [0, 0.05) is 36.6 Å². The molecule has 0 nitrogen and oxygen atoms in total. The quantitative estimate of drug-likeness (QED) is 0.553. The van der Waals surface area contributed by atoms with Crippen LogP contribution < -0.4 is 0 Å². The van der Waals surface area contributed by atoms with Crippen LogP contribution in [0.5, 0.6) is 0 Å². The van der Waals surface area contributed by atoms with E-state index in [0.717, 1.165) is 0 Å². The van der Waals surface area contributed by atoms with Gasteiger partial charge in [-0.1, -0.05) is 24.3 Å². The van der Waals surface area contributed by atoms with Gasteiger partial charge in [-0.25, -0.2) is 0 Å². The Balaban J connectivity index is 2.67. The molecular formula is C5H20SSi5. The van der Waals surface area contributed by atoms with Crippen molar-refractivity contribution in [2.45, 2.75) is 24.3 Å². The van der Waals surface area contributed by atoms with Crippen molar-refractivity contribution in [3.63, 3.8) is 0 Å². The average Bonchev–Trinajstić information content (AvgIpc) is 2.27. The fourth-order valence-corrected chi connectivity index (χ4v) is 82.0. The Bertz CT molecular complexity index is 137. The van der Waals surface area contributed by atoms with E-state index < -0.39 is 0 Å². The first-order valence-electron chi connectivity index (χ1n) is 4.69. The van der Waals surface area contributed by atoms with Crippen LogP contribution in [0.25, 0.3) is 0 Å². The van der Waals surface area contributed by atoms with E-state index in [4.69, 9.17) is 0 Å². The van der Waals surface area contributed by atoms with E-state index in [1.807, 2.05) is 0 Å². The van der Waals surface area contributed by atoms with E-state index in [9.17, 15) is 0 Å². The van der Waals surface area contributed by atoms with Gasteiger partial charge in [-0.2, -0.15) is 11.2 Å². The van der Waals surface area contributed by atoms with Gasteiger partial charge in [-0.05, 0) is 6.26 Å². The predicted molar refractivity (Wildman–Crippen MR) is 73.7 cm³/mol. The van der Waals surface area contributed by atoms with Gasteiger partial charge < -0.3 is 0 Å². The van der Waals surface area contributed by atoms with Gasteiger partial charge in [0.2, 0.25) is 0 Å². The summed E-state index contributed by atoms with van der Waals surface area (Å²) in [6.45, 7) is 5.34. The summed E-state index contributed by atoms with van der Waals surface area (Å²) in [5.41, 5.74) is 0. The second-order valence-corrected chi connectivity index (χ2v) is 47.7. The van der Waals surface area contributed by atoms with Crippen LogP contribution >= 0.6 is 11.2 Å². The van der Waals surface area contributed by atoms with Crippen LogP contribution in [0.2, 0.25) is 24.3 Å². The van der Waals surface area contributed by atoms with E-state index in [1.54, 1.807) is 16.3 Å². The van der Waals surface area contributed by atoms with Crippen molar-refractivity contribution in [2.24, 2.45) is 0 Å². The molecule has 0 aromatic heterocycles. The first-order chi connectivity index (χ1) is 5.14. The molecule has 1 heterocycles. The Hall–Kier alpha value is 1.43. The molecule has 0 N–H and O–H groups in total. The van der Waals surface area contributed by atoms with Crippen LogP contribution in [0.1, 0.15) is 0 Å². The second-order valence-electron chi connectivity index (χ2n) is 4.07. The Morgan fingerprint density at radius 1 is 1.82 bits per heavy atom. The molecule has 1 aliphatic heterocycles. The fourth-order valence-electron chi connectivity index (χ4n) is 2.61. The summed E-state index contributed by atoms with van der Waals surface area (Å²) in [7, 11) is 2.43. The van der Waals surface area contributed by atoms with Crippen molar-refractivity contribution in [3.8, 4) is 0 Å². The maximum atomic E-state index is 2.71. The summed E-state index contributed by atoms with van der Waals surface area (Å²) < 4.78 is 0. The molecule has 0 bridgehead atoms. The zero-order chi connectivity index (χ0) is 8.48. The van der Waals surface area contributed by atoms with Crippen LogP contribution in [0.4, 0.5) is 0 Å². The summed E-state index contributed by atoms with van der Waals surface area (Å²) in [5, 5.41) is 1.39. The SMILES string of the molecule is C[SiH2][Si]1(SC)[SiH2]C([SiH3])C[SiH]1C. The summed E-state index contributed by atoms with van der Waals surface area (Å²) in [6.07, 6.45) is 2.46. The molecule has 0 aromatic rings. The third-order valence-corrected chi connectivity index (χ3v) is 72.9. The smallest absolute Gasteiger partial charge is 0.0778 e. The Morgan fingerprint density at radius 3 is 2.64 bits per heavy atom. The molecule has 1 aliphatic rings. The molecule has 6 heteroatoms. The molecule has 1 rings (SSSR count). The zero-order valence-electron chi connectivity index (χ0n) is 8.18. The lowest BCUT2D eigenvalue weighted by atomic mass is 10.9. The normalized spacial score (nSPS) is 48.3. The Labute approximate surface area is 84.0 Å². The van der Waals surface area contributed by atoms with Gasteiger partial charge >= 0.3 is 0 Å². The molecule has 66 valence electrons. The molecule has 0 aromatic carbocycles. The number of hydrogen-bond acceptors (Lipinski definition) is 1. The first-order valence-corrected chi connectivity index (χ1v) is 20.5. The predicted octanol–water partition coefficient (Wildman–Crippen LogP) is -1.27. The monoisotopic (exact) mass is 252 g/mol. The maximum Gasteiger partial charge on any atom is 0.0778 e. The lowest BCUT2D eigenvalue weighted by Gasteiger charge is -2.26. The van der Waals surface area contributed by atoms with Crippen LogP contribution in [0, 0.1) is 0 Å². The maximum absolute atomic E-state index is 2.71. The van der Waals surface area contributed by atoms with Crippen molar-refractivity contribution >= 4 is 53.6 Å². The van der Waals surface area contributed by atoms with Gasteiger partial charge in [-0.15, -0.1) is 0 Å². The molecule has 0 amide bonds. The molecule has 1 fully saturated rings. The minimum Gasteiger partial charge on any atom is -0.199 e. The van der Waals surface area contributed by atoms with Gasteiger partial charge in [0.1, 0.15) is 0 Å². The van der Waals surface area contributed by atoms with Gasteiger partial charge in [0.05, 0.1) is 5.78 Å². The summed E-state index contributed by atoms with van der Waals surface area (Å²) in [6, 6.07) is 1.80. The lowest BCUT2D eigenvalue weighted by Crippen LogP contribution is -2.52. The van der Waals surface area contributed by atoms with Crippen molar-refractivity contribution in [2.75, 3.05) is 6.26 Å². The van der Waals surface area contributed by atoms with Gasteiger partial charge in [0.25, 0.3) is 0 Å².